The Hall–Kier alpha value is -1.32. The first-order valence-corrected chi connectivity index (χ1v) is 6.95. The van der Waals surface area contributed by atoms with Gasteiger partial charge in [-0.25, -0.2) is 9.97 Å². The number of nitrogens with one attached hydrogen (secondary N) is 1. The molecule has 0 spiro atoms. The van der Waals surface area contributed by atoms with Crippen LogP contribution in [0, 0.1) is 0 Å². The molecular formula is C14H13Cl2N3. The minimum Gasteiger partial charge on any atom is -0.373 e. The first-order valence-electron chi connectivity index (χ1n) is 6.19. The lowest BCUT2D eigenvalue weighted by Crippen LogP contribution is -2.00. The Morgan fingerprint density at radius 2 is 1.95 bits per heavy atom. The van der Waals surface area contributed by atoms with Crippen LogP contribution >= 0.6 is 23.2 Å². The van der Waals surface area contributed by atoms with Crippen LogP contribution in [0.3, 0.4) is 0 Å². The Morgan fingerprint density at radius 1 is 1.16 bits per heavy atom. The van der Waals surface area contributed by atoms with E-state index in [1.807, 2.05) is 25.2 Å². The van der Waals surface area contributed by atoms with Gasteiger partial charge in [-0.3, -0.25) is 0 Å². The van der Waals surface area contributed by atoms with E-state index in [1.54, 1.807) is 6.07 Å². The Kier molecular flexibility index (Phi) is 3.33. The van der Waals surface area contributed by atoms with Gasteiger partial charge in [-0.15, -0.1) is 0 Å². The molecule has 1 saturated carbocycles. The van der Waals surface area contributed by atoms with Crippen molar-refractivity contribution in [2.24, 2.45) is 0 Å². The molecule has 19 heavy (non-hydrogen) atoms. The van der Waals surface area contributed by atoms with E-state index in [-0.39, 0.29) is 0 Å². The number of aromatic nitrogens is 2. The van der Waals surface area contributed by atoms with Gasteiger partial charge in [0.25, 0.3) is 0 Å². The fourth-order valence-electron chi connectivity index (χ4n) is 1.95. The molecule has 0 unspecified atom stereocenters. The van der Waals surface area contributed by atoms with E-state index in [0.29, 0.717) is 16.0 Å². The van der Waals surface area contributed by atoms with Crippen LogP contribution in [-0.2, 0) is 0 Å². The van der Waals surface area contributed by atoms with Crippen LogP contribution < -0.4 is 5.32 Å². The van der Waals surface area contributed by atoms with E-state index in [2.05, 4.69) is 15.3 Å². The van der Waals surface area contributed by atoms with Gasteiger partial charge in [-0.2, -0.15) is 0 Å². The molecule has 0 saturated heterocycles. The van der Waals surface area contributed by atoms with Crippen molar-refractivity contribution in [1.82, 2.24) is 9.97 Å². The van der Waals surface area contributed by atoms with E-state index in [4.69, 9.17) is 23.2 Å². The largest absolute Gasteiger partial charge is 0.373 e. The maximum atomic E-state index is 6.24. The summed E-state index contributed by atoms with van der Waals surface area (Å²) in [6.07, 6.45) is 2.34. The van der Waals surface area contributed by atoms with Crippen LogP contribution in [0.4, 0.5) is 5.82 Å². The standard InChI is InChI=1S/C14H13Cl2N3/c1-17-13-7-12(18-14(19-13)8-2-3-8)10-5-4-9(15)6-11(10)16/h4-8H,2-3H2,1H3,(H,17,18,19). The summed E-state index contributed by atoms with van der Waals surface area (Å²) < 4.78 is 0. The van der Waals surface area contributed by atoms with Crippen LogP contribution in [0.25, 0.3) is 11.3 Å². The zero-order valence-electron chi connectivity index (χ0n) is 10.5. The molecule has 98 valence electrons. The average molecular weight is 294 g/mol. The lowest BCUT2D eigenvalue weighted by atomic mass is 10.1. The van der Waals surface area contributed by atoms with Crippen LogP contribution in [0.2, 0.25) is 10.0 Å². The minimum atomic E-state index is 0.498. The Balaban J connectivity index is 2.10. The predicted molar refractivity (Wildman–Crippen MR) is 79.0 cm³/mol. The number of hydrogen-bond acceptors (Lipinski definition) is 3. The monoisotopic (exact) mass is 293 g/mol. The summed E-state index contributed by atoms with van der Waals surface area (Å²) in [5, 5.41) is 4.30. The summed E-state index contributed by atoms with van der Waals surface area (Å²) in [5.41, 5.74) is 1.72. The van der Waals surface area contributed by atoms with Crippen molar-refractivity contribution in [1.29, 1.82) is 0 Å². The molecule has 3 rings (SSSR count). The summed E-state index contributed by atoms with van der Waals surface area (Å²) >= 11 is 12.2. The second-order valence-electron chi connectivity index (χ2n) is 4.65. The van der Waals surface area contributed by atoms with E-state index >= 15 is 0 Å². The first-order chi connectivity index (χ1) is 9.17. The molecule has 1 heterocycles. The number of rotatable bonds is 3. The lowest BCUT2D eigenvalue weighted by molar-refractivity contribution is 0.932. The molecule has 1 N–H and O–H groups in total. The summed E-state index contributed by atoms with van der Waals surface area (Å²) in [6.45, 7) is 0. The van der Waals surface area contributed by atoms with Crippen LogP contribution in [0.1, 0.15) is 24.6 Å². The van der Waals surface area contributed by atoms with Crippen molar-refractivity contribution in [3.63, 3.8) is 0 Å². The van der Waals surface area contributed by atoms with Crippen molar-refractivity contribution in [2.45, 2.75) is 18.8 Å². The highest BCUT2D eigenvalue weighted by Gasteiger charge is 2.27. The van der Waals surface area contributed by atoms with Gasteiger partial charge in [0.05, 0.1) is 10.7 Å². The maximum Gasteiger partial charge on any atom is 0.134 e. The van der Waals surface area contributed by atoms with Crippen molar-refractivity contribution in [2.75, 3.05) is 12.4 Å². The topological polar surface area (TPSA) is 37.8 Å². The van der Waals surface area contributed by atoms with E-state index in [0.717, 1.165) is 22.9 Å². The quantitative estimate of drug-likeness (QED) is 0.913. The van der Waals surface area contributed by atoms with Crippen molar-refractivity contribution >= 4 is 29.0 Å². The van der Waals surface area contributed by atoms with Crippen molar-refractivity contribution < 1.29 is 0 Å². The van der Waals surface area contributed by atoms with Gasteiger partial charge < -0.3 is 5.32 Å². The molecular weight excluding hydrogens is 281 g/mol. The fourth-order valence-corrected chi connectivity index (χ4v) is 2.46. The predicted octanol–water partition coefficient (Wildman–Crippen LogP) is 4.37. The summed E-state index contributed by atoms with van der Waals surface area (Å²) in [7, 11) is 1.85. The third-order valence-corrected chi connectivity index (χ3v) is 3.70. The maximum absolute atomic E-state index is 6.24. The van der Waals surface area contributed by atoms with E-state index in [1.165, 1.54) is 12.8 Å². The van der Waals surface area contributed by atoms with Gasteiger partial charge in [0.1, 0.15) is 11.6 Å². The minimum absolute atomic E-state index is 0.498. The summed E-state index contributed by atoms with van der Waals surface area (Å²) in [4.78, 5) is 9.12. The molecule has 1 fully saturated rings. The average Bonchev–Trinajstić information content (AvgIpc) is 3.22. The highest BCUT2D eigenvalue weighted by molar-refractivity contribution is 6.36. The van der Waals surface area contributed by atoms with Crippen LogP contribution in [-0.4, -0.2) is 17.0 Å². The summed E-state index contributed by atoms with van der Waals surface area (Å²) in [5.74, 6) is 2.21. The second-order valence-corrected chi connectivity index (χ2v) is 5.49. The first kappa shape index (κ1) is 12.7. The summed E-state index contributed by atoms with van der Waals surface area (Å²) in [6, 6.07) is 7.35. The molecule has 1 aromatic heterocycles. The third-order valence-electron chi connectivity index (χ3n) is 3.15. The number of hydrogen-bond donors (Lipinski definition) is 1. The van der Waals surface area contributed by atoms with E-state index in [9.17, 15) is 0 Å². The molecule has 1 aliphatic carbocycles. The van der Waals surface area contributed by atoms with Gasteiger partial charge in [0, 0.05) is 29.6 Å². The molecule has 3 nitrogen and oxygen atoms in total. The molecule has 1 aromatic carbocycles. The van der Waals surface area contributed by atoms with Crippen molar-refractivity contribution in [3.05, 3.63) is 40.1 Å². The zero-order chi connectivity index (χ0) is 13.4. The lowest BCUT2D eigenvalue weighted by Gasteiger charge is -2.09. The van der Waals surface area contributed by atoms with Gasteiger partial charge in [-0.05, 0) is 31.0 Å². The number of benzene rings is 1. The smallest absolute Gasteiger partial charge is 0.134 e. The Morgan fingerprint density at radius 3 is 2.58 bits per heavy atom. The molecule has 0 aliphatic heterocycles. The van der Waals surface area contributed by atoms with E-state index < -0.39 is 0 Å². The van der Waals surface area contributed by atoms with Gasteiger partial charge in [-0.1, -0.05) is 23.2 Å². The SMILES string of the molecule is CNc1cc(-c2ccc(Cl)cc2Cl)nc(C2CC2)n1. The highest BCUT2D eigenvalue weighted by Crippen LogP contribution is 2.39. The van der Waals surface area contributed by atoms with Crippen molar-refractivity contribution in [3.8, 4) is 11.3 Å². The second kappa shape index (κ2) is 4.99. The number of anilines is 1. The molecule has 1 aliphatic rings. The highest BCUT2D eigenvalue weighted by atomic mass is 35.5. The normalized spacial score (nSPS) is 14.5. The molecule has 2 aromatic rings. The Bertz CT molecular complexity index is 624. The molecule has 5 heteroatoms. The van der Waals surface area contributed by atoms with Gasteiger partial charge >= 0.3 is 0 Å². The molecule has 0 atom stereocenters. The van der Waals surface area contributed by atoms with Gasteiger partial charge in [0.2, 0.25) is 0 Å². The zero-order valence-corrected chi connectivity index (χ0v) is 12.0. The molecule has 0 radical (unpaired) electrons. The third kappa shape index (κ3) is 2.67. The Labute approximate surface area is 122 Å². The molecule has 0 bridgehead atoms. The fraction of sp³-hybridized carbons (Fsp3) is 0.286. The number of halogens is 2. The molecule has 0 amide bonds. The van der Waals surface area contributed by atoms with Crippen LogP contribution in [0.5, 0.6) is 0 Å². The van der Waals surface area contributed by atoms with Crippen LogP contribution in [0.15, 0.2) is 24.3 Å². The van der Waals surface area contributed by atoms with Gasteiger partial charge in [0.15, 0.2) is 0 Å². The number of nitrogens with zero attached hydrogens (tertiary/aromatic N) is 2.